The zero-order valence-corrected chi connectivity index (χ0v) is 35.2. The molecule has 279 valence electrons. The molecule has 0 aliphatic heterocycles. The third-order valence-electron chi connectivity index (χ3n) is 10.2. The number of benzene rings is 9. The summed E-state index contributed by atoms with van der Waals surface area (Å²) in [5.74, 6) is 2.17. The summed E-state index contributed by atoms with van der Waals surface area (Å²) in [6.07, 6.45) is 0. The maximum absolute atomic E-state index is 7.50. The molecule has 1 radical (unpaired) electrons. The molecule has 9 aromatic rings. The van der Waals surface area contributed by atoms with E-state index in [-0.39, 0.29) is 18.9 Å². The molecule has 0 aliphatic rings. The van der Waals surface area contributed by atoms with Crippen LogP contribution in [0.4, 0.5) is 0 Å². The van der Waals surface area contributed by atoms with Gasteiger partial charge in [-0.2, -0.15) is 0 Å². The Labute approximate surface area is 363 Å². The summed E-state index contributed by atoms with van der Waals surface area (Å²) in [4.78, 5) is 0. The van der Waals surface area contributed by atoms with Gasteiger partial charge in [0.2, 0.25) is 0 Å². The van der Waals surface area contributed by atoms with Crippen LogP contribution in [0.2, 0.25) is 0 Å². The first-order chi connectivity index (χ1) is 28.8. The van der Waals surface area contributed by atoms with Crippen LogP contribution in [0.3, 0.4) is 0 Å². The van der Waals surface area contributed by atoms with Crippen LogP contribution < -0.4 is 11.3 Å². The Bertz CT molecular complexity index is 2250. The van der Waals surface area contributed by atoms with E-state index in [4.69, 9.17) is 11.3 Å². The summed E-state index contributed by atoms with van der Waals surface area (Å²) in [6, 6.07) is 81.4. The summed E-state index contributed by atoms with van der Waals surface area (Å²) in [5, 5.41) is 0. The van der Waals surface area contributed by atoms with Crippen LogP contribution >= 0.6 is 0 Å². The Morgan fingerprint density at radius 2 is 0.373 bits per heavy atom. The molecule has 0 heterocycles. The molecule has 59 heavy (non-hydrogen) atoms. The van der Waals surface area contributed by atoms with Crippen molar-refractivity contribution < 1.29 is 11.3 Å². The molecule has 0 aromatic heterocycles. The van der Waals surface area contributed by atoms with E-state index in [1.165, 1.54) is 0 Å². The van der Waals surface area contributed by atoms with Crippen LogP contribution in [0.15, 0.2) is 237 Å². The Hall–Kier alpha value is -6.48. The average Bonchev–Trinajstić information content (AvgIpc) is 3.31. The summed E-state index contributed by atoms with van der Waals surface area (Å²) in [5.41, 5.74) is 12.0. The van der Waals surface area contributed by atoms with Gasteiger partial charge in [0.1, 0.15) is 0 Å². The second-order valence-corrected chi connectivity index (χ2v) is 16.6. The molecule has 0 N–H and O–H groups in total. The van der Waals surface area contributed by atoms with Crippen LogP contribution in [0.1, 0.15) is 0 Å². The molecule has 0 fully saturated rings. The van der Waals surface area contributed by atoms with Gasteiger partial charge in [-0.3, -0.25) is 0 Å². The van der Waals surface area contributed by atoms with Gasteiger partial charge in [0.05, 0.1) is 0 Å². The molecule has 3 nitrogen and oxygen atoms in total. The van der Waals surface area contributed by atoms with Crippen molar-refractivity contribution in [1.82, 2.24) is 0 Å². The molecule has 9 rings (SSSR count). The molecule has 5 heteroatoms. The predicted octanol–water partition coefficient (Wildman–Crippen LogP) is 13.6. The third kappa shape index (κ3) is 8.84. The van der Waals surface area contributed by atoms with Gasteiger partial charge in [0.15, 0.2) is 0 Å². The zero-order chi connectivity index (χ0) is 38.9. The van der Waals surface area contributed by atoms with Gasteiger partial charge in [-0.1, -0.05) is 0 Å². The predicted molar refractivity (Wildman–Crippen MR) is 247 cm³/mol. The second kappa shape index (κ2) is 18.9. The minimum atomic E-state index is -4.04. The first-order valence-corrected chi connectivity index (χ1v) is 22.5. The summed E-state index contributed by atoms with van der Waals surface area (Å²) in [7, 11) is 0. The molecule has 0 unspecified atom stereocenters. The van der Waals surface area contributed by atoms with Crippen LogP contribution in [-0.4, -0.2) is 34.2 Å². The Kier molecular flexibility index (Phi) is 12.6. The first kappa shape index (κ1) is 39.4. The molecule has 0 saturated carbocycles. The standard InChI is InChI=1S/C54H40GeO3.Li/c1-7-22-40(23-8-1)46-34-19-35-47(41-24-9-2-10-25-41)52(46)56-55(57-53-48(42-26-11-3-12-27-42)36-20-37-49(53)43-28-13-4-14-29-43)58-54-50(44-30-15-5-16-31-44)38-21-39-51(54)45-32-17-6-18-33-45;/h1-39,55H;. The molecule has 0 amide bonds. The number of hydrogen-bond acceptors (Lipinski definition) is 3. The van der Waals surface area contributed by atoms with E-state index in [0.717, 1.165) is 84.0 Å². The van der Waals surface area contributed by atoms with E-state index in [0.29, 0.717) is 0 Å². The summed E-state index contributed by atoms with van der Waals surface area (Å²) < 4.78 is 22.5. The number of hydrogen-bond donors (Lipinski definition) is 0. The van der Waals surface area contributed by atoms with Gasteiger partial charge in [-0.25, -0.2) is 0 Å². The van der Waals surface area contributed by atoms with Gasteiger partial charge in [0.25, 0.3) is 0 Å². The Balaban J connectivity index is 0.00000484. The summed E-state index contributed by atoms with van der Waals surface area (Å²) >= 11 is -4.04. The van der Waals surface area contributed by atoms with Crippen molar-refractivity contribution in [1.29, 1.82) is 0 Å². The molecule has 0 bridgehead atoms. The van der Waals surface area contributed by atoms with Crippen LogP contribution in [0.5, 0.6) is 17.2 Å². The normalized spacial score (nSPS) is 10.7. The van der Waals surface area contributed by atoms with E-state index >= 15 is 0 Å². The van der Waals surface area contributed by atoms with Crippen molar-refractivity contribution in [3.8, 4) is 84.0 Å². The SMILES string of the molecule is [Li].c1ccc(-c2cccc(-c3ccccc3)c2[O][GeH]([O]c2c(-c3ccccc3)cccc2-c2ccccc2)[O]c2c(-c3ccccc3)cccc2-c2ccccc2)cc1. The molecule has 9 aromatic carbocycles. The topological polar surface area (TPSA) is 27.7 Å². The van der Waals surface area contributed by atoms with Crippen LogP contribution in [0.25, 0.3) is 66.8 Å². The van der Waals surface area contributed by atoms with Crippen LogP contribution in [0, 0.1) is 0 Å². The molecule has 0 atom stereocenters. The van der Waals surface area contributed by atoms with E-state index in [2.05, 4.69) is 200 Å². The van der Waals surface area contributed by atoms with Gasteiger partial charge < -0.3 is 0 Å². The van der Waals surface area contributed by atoms with Crippen LogP contribution in [-0.2, 0) is 0 Å². The fraction of sp³-hybridized carbons (Fsp3) is 0. The second-order valence-electron chi connectivity index (χ2n) is 13.9. The van der Waals surface area contributed by atoms with Gasteiger partial charge >= 0.3 is 347 Å². The van der Waals surface area contributed by atoms with E-state index in [1.54, 1.807) is 0 Å². The molecule has 0 aliphatic carbocycles. The van der Waals surface area contributed by atoms with Crippen molar-refractivity contribution >= 4 is 34.2 Å². The fourth-order valence-electron chi connectivity index (χ4n) is 7.42. The first-order valence-electron chi connectivity index (χ1n) is 19.5. The Morgan fingerprint density at radius 1 is 0.203 bits per heavy atom. The van der Waals surface area contributed by atoms with Crippen molar-refractivity contribution in [2.24, 2.45) is 0 Å². The average molecular weight is 816 g/mol. The van der Waals surface area contributed by atoms with E-state index in [9.17, 15) is 0 Å². The van der Waals surface area contributed by atoms with Crippen molar-refractivity contribution in [3.63, 3.8) is 0 Å². The number of para-hydroxylation sites is 3. The van der Waals surface area contributed by atoms with Gasteiger partial charge in [-0.15, -0.1) is 0 Å². The zero-order valence-electron chi connectivity index (χ0n) is 32.8. The molecule has 0 saturated heterocycles. The minimum absolute atomic E-state index is 0. The molecular formula is C54H40GeLiO3. The van der Waals surface area contributed by atoms with Crippen molar-refractivity contribution in [3.05, 3.63) is 237 Å². The van der Waals surface area contributed by atoms with Crippen molar-refractivity contribution in [2.45, 2.75) is 0 Å². The van der Waals surface area contributed by atoms with Crippen molar-refractivity contribution in [2.75, 3.05) is 0 Å². The fourth-order valence-corrected chi connectivity index (χ4v) is 10.5. The molecular weight excluding hydrogens is 776 g/mol. The quantitative estimate of drug-likeness (QED) is 0.115. The third-order valence-corrected chi connectivity index (χ3v) is 12.9. The monoisotopic (exact) mass is 817 g/mol. The Morgan fingerprint density at radius 3 is 0.542 bits per heavy atom. The number of rotatable bonds is 12. The van der Waals surface area contributed by atoms with E-state index < -0.39 is 15.4 Å². The summed E-state index contributed by atoms with van der Waals surface area (Å²) in [6.45, 7) is 0. The van der Waals surface area contributed by atoms with E-state index in [1.807, 2.05) is 36.4 Å². The van der Waals surface area contributed by atoms with Gasteiger partial charge in [-0.05, 0) is 0 Å². The molecule has 0 spiro atoms. The van der Waals surface area contributed by atoms with Gasteiger partial charge in [0, 0.05) is 18.9 Å². The maximum atomic E-state index is 7.50.